The third kappa shape index (κ3) is 3.31. The average Bonchev–Trinajstić information content (AvgIpc) is 2.53. The zero-order valence-electron chi connectivity index (χ0n) is 12.0. The van der Waals surface area contributed by atoms with Gasteiger partial charge in [-0.2, -0.15) is 0 Å². The van der Waals surface area contributed by atoms with Crippen molar-refractivity contribution in [1.82, 2.24) is 4.98 Å². The highest BCUT2D eigenvalue weighted by molar-refractivity contribution is 5.79. The van der Waals surface area contributed by atoms with Crippen LogP contribution in [0.25, 0.3) is 10.9 Å². The summed E-state index contributed by atoms with van der Waals surface area (Å²) in [7, 11) is 0. The molecule has 0 bridgehead atoms. The van der Waals surface area contributed by atoms with Gasteiger partial charge in [0, 0.05) is 11.6 Å². The van der Waals surface area contributed by atoms with Crippen molar-refractivity contribution in [2.75, 3.05) is 13.2 Å². The van der Waals surface area contributed by atoms with Gasteiger partial charge in [0.05, 0.1) is 5.52 Å². The van der Waals surface area contributed by atoms with E-state index < -0.39 is 0 Å². The van der Waals surface area contributed by atoms with Gasteiger partial charge in [-0.15, -0.1) is 0 Å². The van der Waals surface area contributed by atoms with Crippen molar-refractivity contribution in [2.24, 2.45) is 0 Å². The van der Waals surface area contributed by atoms with E-state index in [4.69, 9.17) is 9.47 Å². The van der Waals surface area contributed by atoms with Crippen LogP contribution < -0.4 is 9.47 Å². The molecule has 0 aliphatic rings. The van der Waals surface area contributed by atoms with E-state index in [0.717, 1.165) is 28.0 Å². The summed E-state index contributed by atoms with van der Waals surface area (Å²) in [5.41, 5.74) is 2.11. The van der Waals surface area contributed by atoms with E-state index >= 15 is 0 Å². The first-order chi connectivity index (χ1) is 10.3. The van der Waals surface area contributed by atoms with Gasteiger partial charge in [0.25, 0.3) is 0 Å². The zero-order valence-corrected chi connectivity index (χ0v) is 12.0. The molecule has 21 heavy (non-hydrogen) atoms. The van der Waals surface area contributed by atoms with Gasteiger partial charge in [-0.3, -0.25) is 4.98 Å². The Labute approximate surface area is 124 Å². The number of fused-ring (bicyclic) bond motifs is 1. The number of aromatic nitrogens is 1. The molecule has 3 aromatic rings. The van der Waals surface area contributed by atoms with E-state index in [2.05, 4.69) is 4.98 Å². The second-order valence-electron chi connectivity index (χ2n) is 4.82. The number of pyridine rings is 1. The first kappa shape index (κ1) is 13.4. The van der Waals surface area contributed by atoms with Crippen molar-refractivity contribution in [3.8, 4) is 11.5 Å². The molecule has 0 N–H and O–H groups in total. The summed E-state index contributed by atoms with van der Waals surface area (Å²) in [4.78, 5) is 4.29. The zero-order chi connectivity index (χ0) is 14.5. The van der Waals surface area contributed by atoms with Crippen molar-refractivity contribution in [3.05, 3.63) is 66.4 Å². The predicted molar refractivity (Wildman–Crippen MR) is 83.9 cm³/mol. The van der Waals surface area contributed by atoms with Gasteiger partial charge in [-0.25, -0.2) is 0 Å². The monoisotopic (exact) mass is 279 g/mol. The van der Waals surface area contributed by atoms with Crippen molar-refractivity contribution in [2.45, 2.75) is 6.92 Å². The summed E-state index contributed by atoms with van der Waals surface area (Å²) in [6.07, 6.45) is 1.79. The topological polar surface area (TPSA) is 31.4 Å². The Morgan fingerprint density at radius 2 is 1.76 bits per heavy atom. The van der Waals surface area contributed by atoms with E-state index in [-0.39, 0.29) is 0 Å². The Hall–Kier alpha value is -2.55. The molecule has 0 atom stereocenters. The highest BCUT2D eigenvalue weighted by Gasteiger charge is 2.00. The molecule has 0 aliphatic carbocycles. The standard InChI is InChI=1S/C18H17NO2/c1-14-5-2-3-7-18(14)21-12-11-20-16-8-9-17-15(13-16)6-4-10-19-17/h2-10,13H,11-12H2,1H3. The predicted octanol–water partition coefficient (Wildman–Crippen LogP) is 4.00. The first-order valence-electron chi connectivity index (χ1n) is 6.99. The number of hydrogen-bond donors (Lipinski definition) is 0. The minimum absolute atomic E-state index is 0.514. The maximum Gasteiger partial charge on any atom is 0.122 e. The van der Waals surface area contributed by atoms with Crippen LogP contribution in [0.3, 0.4) is 0 Å². The van der Waals surface area contributed by atoms with Gasteiger partial charge in [0.1, 0.15) is 24.7 Å². The van der Waals surface area contributed by atoms with Crippen LogP contribution in [0, 0.1) is 6.92 Å². The van der Waals surface area contributed by atoms with Gasteiger partial charge in [0.2, 0.25) is 0 Å². The van der Waals surface area contributed by atoms with Crippen LogP contribution in [0.1, 0.15) is 5.56 Å². The van der Waals surface area contributed by atoms with Crippen molar-refractivity contribution < 1.29 is 9.47 Å². The Kier molecular flexibility index (Phi) is 4.01. The van der Waals surface area contributed by atoms with Crippen LogP contribution >= 0.6 is 0 Å². The smallest absolute Gasteiger partial charge is 0.122 e. The Balaban J connectivity index is 1.56. The summed E-state index contributed by atoms with van der Waals surface area (Å²) in [6.45, 7) is 3.07. The molecule has 0 amide bonds. The fourth-order valence-electron chi connectivity index (χ4n) is 2.17. The molecule has 0 spiro atoms. The molecule has 1 heterocycles. The molecule has 3 nitrogen and oxygen atoms in total. The minimum Gasteiger partial charge on any atom is -0.490 e. The van der Waals surface area contributed by atoms with E-state index in [1.807, 2.05) is 61.5 Å². The van der Waals surface area contributed by atoms with E-state index in [1.165, 1.54) is 0 Å². The third-order valence-corrected chi connectivity index (χ3v) is 3.28. The lowest BCUT2D eigenvalue weighted by Gasteiger charge is -2.10. The van der Waals surface area contributed by atoms with Gasteiger partial charge in [-0.05, 0) is 42.8 Å². The number of rotatable bonds is 5. The molecule has 0 unspecified atom stereocenters. The average molecular weight is 279 g/mol. The second-order valence-corrected chi connectivity index (χ2v) is 4.82. The van der Waals surface area contributed by atoms with Crippen molar-refractivity contribution in [3.63, 3.8) is 0 Å². The lowest BCUT2D eigenvalue weighted by Crippen LogP contribution is -2.09. The largest absolute Gasteiger partial charge is 0.490 e. The van der Waals surface area contributed by atoms with Crippen LogP contribution in [-0.4, -0.2) is 18.2 Å². The number of para-hydroxylation sites is 1. The molecular weight excluding hydrogens is 262 g/mol. The van der Waals surface area contributed by atoms with Gasteiger partial charge < -0.3 is 9.47 Å². The fourth-order valence-corrected chi connectivity index (χ4v) is 2.17. The van der Waals surface area contributed by atoms with Gasteiger partial charge in [-0.1, -0.05) is 24.3 Å². The maximum absolute atomic E-state index is 5.72. The van der Waals surface area contributed by atoms with Crippen LogP contribution in [0.15, 0.2) is 60.8 Å². The summed E-state index contributed by atoms with van der Waals surface area (Å²) in [5, 5.41) is 1.08. The summed E-state index contributed by atoms with van der Waals surface area (Å²) in [5.74, 6) is 1.74. The van der Waals surface area contributed by atoms with E-state index in [1.54, 1.807) is 6.20 Å². The van der Waals surface area contributed by atoms with Crippen LogP contribution in [0.2, 0.25) is 0 Å². The third-order valence-electron chi connectivity index (χ3n) is 3.28. The minimum atomic E-state index is 0.514. The summed E-state index contributed by atoms with van der Waals surface area (Å²) >= 11 is 0. The highest BCUT2D eigenvalue weighted by atomic mass is 16.5. The van der Waals surface area contributed by atoms with Gasteiger partial charge in [0.15, 0.2) is 0 Å². The van der Waals surface area contributed by atoms with Crippen LogP contribution in [0.4, 0.5) is 0 Å². The SMILES string of the molecule is Cc1ccccc1OCCOc1ccc2ncccc2c1. The van der Waals surface area contributed by atoms with Gasteiger partial charge >= 0.3 is 0 Å². The fraction of sp³-hybridized carbons (Fsp3) is 0.167. The quantitative estimate of drug-likeness (QED) is 0.661. The summed E-state index contributed by atoms with van der Waals surface area (Å²) in [6, 6.07) is 17.8. The lowest BCUT2D eigenvalue weighted by atomic mass is 10.2. The second kappa shape index (κ2) is 6.27. The maximum atomic E-state index is 5.72. The molecule has 0 radical (unpaired) electrons. The molecule has 2 aromatic carbocycles. The van der Waals surface area contributed by atoms with E-state index in [0.29, 0.717) is 13.2 Å². The van der Waals surface area contributed by atoms with Crippen molar-refractivity contribution in [1.29, 1.82) is 0 Å². The number of hydrogen-bond acceptors (Lipinski definition) is 3. The molecule has 0 saturated heterocycles. The Morgan fingerprint density at radius 3 is 2.67 bits per heavy atom. The van der Waals surface area contributed by atoms with Crippen LogP contribution in [-0.2, 0) is 0 Å². The molecule has 0 fully saturated rings. The number of ether oxygens (including phenoxy) is 2. The molecule has 0 saturated carbocycles. The Morgan fingerprint density at radius 1 is 0.905 bits per heavy atom. The van der Waals surface area contributed by atoms with Crippen molar-refractivity contribution >= 4 is 10.9 Å². The number of aryl methyl sites for hydroxylation is 1. The van der Waals surface area contributed by atoms with Crippen LogP contribution in [0.5, 0.6) is 11.5 Å². The Bertz CT molecular complexity index is 740. The number of nitrogens with zero attached hydrogens (tertiary/aromatic N) is 1. The molecule has 0 aliphatic heterocycles. The summed E-state index contributed by atoms with van der Waals surface area (Å²) < 4.78 is 11.4. The highest BCUT2D eigenvalue weighted by Crippen LogP contribution is 2.19. The molecule has 106 valence electrons. The number of benzene rings is 2. The molecule has 1 aromatic heterocycles. The molecular formula is C18H17NO2. The molecule has 3 heteroatoms. The molecule has 3 rings (SSSR count). The first-order valence-corrected chi connectivity index (χ1v) is 6.99. The van der Waals surface area contributed by atoms with E-state index in [9.17, 15) is 0 Å². The normalized spacial score (nSPS) is 10.5. The lowest BCUT2D eigenvalue weighted by molar-refractivity contribution is 0.216.